The van der Waals surface area contributed by atoms with Crippen molar-refractivity contribution in [3.8, 4) is 5.75 Å². The molecule has 0 bridgehead atoms. The summed E-state index contributed by atoms with van der Waals surface area (Å²) in [6.07, 6.45) is 0.813. The molecule has 0 aliphatic carbocycles. The van der Waals surface area contributed by atoms with Gasteiger partial charge in [-0.2, -0.15) is 21.4 Å². The van der Waals surface area contributed by atoms with Crippen LogP contribution in [0.4, 0.5) is 0 Å². The Morgan fingerprint density at radius 3 is 2.96 bits per heavy atom. The van der Waals surface area contributed by atoms with Crippen LogP contribution in [0, 0.1) is 0 Å². The summed E-state index contributed by atoms with van der Waals surface area (Å²) in [5.74, 6) is 2.40. The monoisotopic (exact) mass is 347 g/mol. The van der Waals surface area contributed by atoms with Gasteiger partial charge in [0.2, 0.25) is 4.96 Å². The van der Waals surface area contributed by atoms with Crippen molar-refractivity contribution in [2.75, 3.05) is 7.11 Å². The fourth-order valence-electron chi connectivity index (χ4n) is 2.15. The molecule has 1 aromatic carbocycles. The molecule has 120 valence electrons. The lowest BCUT2D eigenvalue weighted by Crippen LogP contribution is -2.15. The van der Waals surface area contributed by atoms with Crippen LogP contribution in [0.25, 0.3) is 4.96 Å². The SMILES string of the molecule is CCc1nn2c(=O)cc(CSCc3cccc(OC)c3)nc2s1. The Labute approximate surface area is 142 Å². The molecule has 0 aliphatic rings. The fourth-order valence-corrected chi connectivity index (χ4v) is 3.88. The van der Waals surface area contributed by atoms with E-state index in [1.807, 2.05) is 25.1 Å². The van der Waals surface area contributed by atoms with Crippen molar-refractivity contribution in [1.82, 2.24) is 14.6 Å². The quantitative estimate of drug-likeness (QED) is 0.685. The van der Waals surface area contributed by atoms with Crippen LogP contribution in [-0.2, 0) is 17.9 Å². The first kappa shape index (κ1) is 16.0. The third kappa shape index (κ3) is 3.73. The van der Waals surface area contributed by atoms with Gasteiger partial charge < -0.3 is 4.74 Å². The summed E-state index contributed by atoms with van der Waals surface area (Å²) >= 11 is 3.20. The lowest BCUT2D eigenvalue weighted by atomic mass is 10.2. The van der Waals surface area contributed by atoms with Gasteiger partial charge in [0.1, 0.15) is 10.8 Å². The molecule has 0 radical (unpaired) electrons. The summed E-state index contributed by atoms with van der Waals surface area (Å²) in [7, 11) is 1.67. The van der Waals surface area contributed by atoms with Gasteiger partial charge in [-0.05, 0) is 24.1 Å². The molecule has 2 heterocycles. The first-order chi connectivity index (χ1) is 11.2. The van der Waals surface area contributed by atoms with Crippen LogP contribution in [0.15, 0.2) is 35.1 Å². The maximum Gasteiger partial charge on any atom is 0.275 e. The lowest BCUT2D eigenvalue weighted by Gasteiger charge is -2.04. The van der Waals surface area contributed by atoms with E-state index < -0.39 is 0 Å². The highest BCUT2D eigenvalue weighted by Gasteiger charge is 2.08. The van der Waals surface area contributed by atoms with E-state index in [9.17, 15) is 4.79 Å². The maximum absolute atomic E-state index is 12.1. The number of rotatable bonds is 6. The normalized spacial score (nSPS) is 11.0. The molecule has 0 amide bonds. The van der Waals surface area contributed by atoms with Crippen LogP contribution in [0.1, 0.15) is 23.2 Å². The summed E-state index contributed by atoms with van der Waals surface area (Å²) in [6.45, 7) is 2.02. The third-order valence-electron chi connectivity index (χ3n) is 3.30. The second-order valence-electron chi connectivity index (χ2n) is 4.97. The van der Waals surface area contributed by atoms with E-state index in [-0.39, 0.29) is 5.56 Å². The zero-order valence-electron chi connectivity index (χ0n) is 13.0. The van der Waals surface area contributed by atoms with Crippen LogP contribution in [0.2, 0.25) is 0 Å². The van der Waals surface area contributed by atoms with Crippen molar-refractivity contribution in [2.45, 2.75) is 24.9 Å². The van der Waals surface area contributed by atoms with E-state index in [0.717, 1.165) is 28.6 Å². The third-order valence-corrected chi connectivity index (χ3v) is 5.39. The van der Waals surface area contributed by atoms with E-state index in [1.165, 1.54) is 21.4 Å². The number of methoxy groups -OCH3 is 1. The van der Waals surface area contributed by atoms with Gasteiger partial charge in [-0.3, -0.25) is 4.79 Å². The molecular formula is C16H17N3O2S2. The van der Waals surface area contributed by atoms with E-state index in [4.69, 9.17) is 4.74 Å². The number of thioether (sulfide) groups is 1. The Morgan fingerprint density at radius 2 is 2.17 bits per heavy atom. The van der Waals surface area contributed by atoms with Gasteiger partial charge in [0.25, 0.3) is 5.56 Å². The molecule has 3 rings (SSSR count). The molecule has 7 heteroatoms. The van der Waals surface area contributed by atoms with Crippen molar-refractivity contribution in [3.05, 3.63) is 57.0 Å². The smallest absolute Gasteiger partial charge is 0.275 e. The van der Waals surface area contributed by atoms with Gasteiger partial charge in [0, 0.05) is 17.6 Å². The zero-order chi connectivity index (χ0) is 16.2. The number of hydrogen-bond acceptors (Lipinski definition) is 6. The minimum absolute atomic E-state index is 0.108. The van der Waals surface area contributed by atoms with Gasteiger partial charge in [0.15, 0.2) is 0 Å². The molecule has 0 fully saturated rings. The van der Waals surface area contributed by atoms with E-state index >= 15 is 0 Å². The summed E-state index contributed by atoms with van der Waals surface area (Å²) in [5, 5.41) is 5.18. The molecule has 0 saturated heterocycles. The van der Waals surface area contributed by atoms with Gasteiger partial charge in [-0.15, -0.1) is 0 Å². The van der Waals surface area contributed by atoms with Crippen molar-refractivity contribution >= 4 is 28.1 Å². The molecular weight excluding hydrogens is 330 g/mol. The highest BCUT2D eigenvalue weighted by atomic mass is 32.2. The molecule has 23 heavy (non-hydrogen) atoms. The lowest BCUT2D eigenvalue weighted by molar-refractivity contribution is 0.414. The topological polar surface area (TPSA) is 56.5 Å². The largest absolute Gasteiger partial charge is 0.497 e. The fraction of sp³-hybridized carbons (Fsp3) is 0.312. The standard InChI is InChI=1S/C16H17N3O2S2/c1-3-14-18-19-15(20)8-12(17-16(19)23-14)10-22-9-11-5-4-6-13(7-11)21-2/h4-8H,3,9-10H2,1-2H3. The highest BCUT2D eigenvalue weighted by molar-refractivity contribution is 7.97. The maximum atomic E-state index is 12.1. The minimum atomic E-state index is -0.108. The Bertz CT molecular complexity index is 873. The number of fused-ring (bicyclic) bond motifs is 1. The molecule has 0 atom stereocenters. The van der Waals surface area contributed by atoms with Crippen molar-refractivity contribution in [2.24, 2.45) is 0 Å². The highest BCUT2D eigenvalue weighted by Crippen LogP contribution is 2.20. The van der Waals surface area contributed by atoms with Crippen LogP contribution in [0.5, 0.6) is 5.75 Å². The zero-order valence-corrected chi connectivity index (χ0v) is 14.6. The number of benzene rings is 1. The van der Waals surface area contributed by atoms with E-state index in [2.05, 4.69) is 16.1 Å². The first-order valence-corrected chi connectivity index (χ1v) is 9.26. The van der Waals surface area contributed by atoms with Gasteiger partial charge >= 0.3 is 0 Å². The second-order valence-corrected chi connectivity index (χ2v) is 7.00. The predicted molar refractivity (Wildman–Crippen MR) is 94.5 cm³/mol. The van der Waals surface area contributed by atoms with Gasteiger partial charge in [-0.25, -0.2) is 4.98 Å². The Hall–Kier alpha value is -1.86. The van der Waals surface area contributed by atoms with E-state index in [0.29, 0.717) is 10.7 Å². The van der Waals surface area contributed by atoms with Crippen LogP contribution >= 0.6 is 23.1 Å². The summed E-state index contributed by atoms with van der Waals surface area (Å²) in [5.41, 5.74) is 1.88. The second kappa shape index (κ2) is 7.14. The molecule has 2 aromatic heterocycles. The predicted octanol–water partition coefficient (Wildman–Crippen LogP) is 3.16. The average Bonchev–Trinajstić information content (AvgIpc) is 2.99. The first-order valence-electron chi connectivity index (χ1n) is 7.29. The molecule has 0 aliphatic heterocycles. The Morgan fingerprint density at radius 1 is 1.30 bits per heavy atom. The van der Waals surface area contributed by atoms with Gasteiger partial charge in [0.05, 0.1) is 12.8 Å². The molecule has 0 spiro atoms. The number of nitrogens with zero attached hydrogens (tertiary/aromatic N) is 3. The molecule has 0 N–H and O–H groups in total. The molecule has 3 aromatic rings. The number of aryl methyl sites for hydroxylation is 1. The summed E-state index contributed by atoms with van der Waals surface area (Å²) in [6, 6.07) is 9.58. The Balaban J connectivity index is 1.70. The molecule has 5 nitrogen and oxygen atoms in total. The summed E-state index contributed by atoms with van der Waals surface area (Å²) < 4.78 is 6.61. The molecule has 0 saturated carbocycles. The number of ether oxygens (including phenoxy) is 1. The van der Waals surface area contributed by atoms with Gasteiger partial charge in [-0.1, -0.05) is 30.4 Å². The van der Waals surface area contributed by atoms with Crippen LogP contribution in [0.3, 0.4) is 0 Å². The van der Waals surface area contributed by atoms with Crippen LogP contribution < -0.4 is 10.3 Å². The van der Waals surface area contributed by atoms with Crippen molar-refractivity contribution in [3.63, 3.8) is 0 Å². The minimum Gasteiger partial charge on any atom is -0.497 e. The van der Waals surface area contributed by atoms with E-state index in [1.54, 1.807) is 24.9 Å². The van der Waals surface area contributed by atoms with Crippen molar-refractivity contribution < 1.29 is 4.74 Å². The average molecular weight is 347 g/mol. The van der Waals surface area contributed by atoms with Crippen molar-refractivity contribution in [1.29, 1.82) is 0 Å². The number of aromatic nitrogens is 3. The number of hydrogen-bond donors (Lipinski definition) is 0. The molecule has 0 unspecified atom stereocenters. The van der Waals surface area contributed by atoms with Crippen LogP contribution in [-0.4, -0.2) is 21.7 Å². The summed E-state index contributed by atoms with van der Waals surface area (Å²) in [4.78, 5) is 17.3. The Kier molecular flexibility index (Phi) is 4.97.